The van der Waals surface area contributed by atoms with Crippen LogP contribution in [-0.2, 0) is 4.79 Å². The van der Waals surface area contributed by atoms with Crippen LogP contribution in [-0.4, -0.2) is 46.3 Å². The Balaban J connectivity index is 1.71. The maximum absolute atomic E-state index is 13.7. The summed E-state index contributed by atoms with van der Waals surface area (Å²) >= 11 is 0. The van der Waals surface area contributed by atoms with Gasteiger partial charge in [0, 0.05) is 18.5 Å². The zero-order chi connectivity index (χ0) is 15.1. The lowest BCUT2D eigenvalue weighted by molar-refractivity contribution is -0.134. The molecule has 0 spiro atoms. The Morgan fingerprint density at radius 3 is 2.76 bits per heavy atom. The van der Waals surface area contributed by atoms with Crippen molar-refractivity contribution in [3.63, 3.8) is 0 Å². The third kappa shape index (κ3) is 2.65. The van der Waals surface area contributed by atoms with Gasteiger partial charge in [-0.15, -0.1) is 0 Å². The second-order valence-electron chi connectivity index (χ2n) is 5.83. The summed E-state index contributed by atoms with van der Waals surface area (Å²) in [4.78, 5) is 13.9. The van der Waals surface area contributed by atoms with E-state index in [4.69, 9.17) is 0 Å². The van der Waals surface area contributed by atoms with E-state index in [1.807, 2.05) is 0 Å². The Morgan fingerprint density at radius 1 is 1.33 bits per heavy atom. The molecule has 2 N–H and O–H groups in total. The first-order chi connectivity index (χ1) is 10.0. The van der Waals surface area contributed by atoms with Gasteiger partial charge in [-0.05, 0) is 30.4 Å². The normalized spacial score (nSPS) is 31.5. The van der Waals surface area contributed by atoms with Crippen LogP contribution in [0.15, 0.2) is 18.2 Å². The summed E-state index contributed by atoms with van der Waals surface area (Å²) < 4.78 is 26.6. The van der Waals surface area contributed by atoms with E-state index in [0.29, 0.717) is 18.4 Å². The molecule has 0 bridgehead atoms. The molecule has 0 radical (unpaired) electrons. The van der Waals surface area contributed by atoms with Crippen molar-refractivity contribution in [1.82, 2.24) is 4.90 Å². The number of benzene rings is 1. The maximum Gasteiger partial charge on any atom is 0.226 e. The van der Waals surface area contributed by atoms with Crippen molar-refractivity contribution in [3.8, 4) is 0 Å². The van der Waals surface area contributed by atoms with Gasteiger partial charge in [0.05, 0.1) is 18.8 Å². The lowest BCUT2D eigenvalue weighted by Gasteiger charge is -2.22. The average Bonchev–Trinajstić information content (AvgIpc) is 3.13. The van der Waals surface area contributed by atoms with E-state index < -0.39 is 17.7 Å². The Hall–Kier alpha value is -1.53. The molecule has 6 heteroatoms. The zero-order valence-electron chi connectivity index (χ0n) is 11.4. The Kier molecular flexibility index (Phi) is 3.67. The molecule has 2 aliphatic rings. The summed E-state index contributed by atoms with van der Waals surface area (Å²) in [7, 11) is 0. The summed E-state index contributed by atoms with van der Waals surface area (Å²) in [6, 6.07) is 3.02. The molecule has 1 amide bonds. The van der Waals surface area contributed by atoms with Crippen molar-refractivity contribution in [2.24, 2.45) is 5.92 Å². The van der Waals surface area contributed by atoms with Crippen LogP contribution in [0, 0.1) is 17.6 Å². The molecule has 21 heavy (non-hydrogen) atoms. The summed E-state index contributed by atoms with van der Waals surface area (Å²) in [6.45, 7) is 0.0181. The summed E-state index contributed by atoms with van der Waals surface area (Å²) in [5.74, 6) is -2.02. The maximum atomic E-state index is 13.7. The van der Waals surface area contributed by atoms with Crippen molar-refractivity contribution in [2.45, 2.75) is 30.9 Å². The SMILES string of the molecule is O=C(C1CC1c1ccc(F)cc1F)N1C[C@@H](O)C[C@H]1CO. The average molecular weight is 297 g/mol. The number of hydrogen-bond donors (Lipinski definition) is 2. The topological polar surface area (TPSA) is 60.8 Å². The molecule has 1 aromatic rings. The molecule has 1 aliphatic carbocycles. The van der Waals surface area contributed by atoms with Gasteiger partial charge in [-0.25, -0.2) is 8.78 Å². The first-order valence-electron chi connectivity index (χ1n) is 7.05. The van der Waals surface area contributed by atoms with Crippen molar-refractivity contribution < 1.29 is 23.8 Å². The van der Waals surface area contributed by atoms with Crippen LogP contribution >= 0.6 is 0 Å². The van der Waals surface area contributed by atoms with Gasteiger partial charge in [0.1, 0.15) is 11.6 Å². The van der Waals surface area contributed by atoms with Crippen LogP contribution in [0.4, 0.5) is 8.78 Å². The molecule has 1 aromatic carbocycles. The first-order valence-corrected chi connectivity index (χ1v) is 7.05. The fourth-order valence-electron chi connectivity index (χ4n) is 3.16. The number of β-amino-alcohol motifs (C(OH)–C–C–N with tert-alkyl or cyclic N) is 1. The Morgan fingerprint density at radius 2 is 2.10 bits per heavy atom. The predicted molar refractivity (Wildman–Crippen MR) is 70.4 cm³/mol. The van der Waals surface area contributed by atoms with Crippen LogP contribution in [0.2, 0.25) is 0 Å². The number of aliphatic hydroxyl groups excluding tert-OH is 2. The van der Waals surface area contributed by atoms with Crippen molar-refractivity contribution in [1.29, 1.82) is 0 Å². The van der Waals surface area contributed by atoms with Crippen molar-refractivity contribution in [3.05, 3.63) is 35.4 Å². The number of carbonyl (C=O) groups is 1. The number of aliphatic hydroxyl groups is 2. The lowest BCUT2D eigenvalue weighted by Crippen LogP contribution is -2.39. The largest absolute Gasteiger partial charge is 0.394 e. The van der Waals surface area contributed by atoms with Gasteiger partial charge in [-0.3, -0.25) is 4.79 Å². The minimum atomic E-state index is -0.636. The van der Waals surface area contributed by atoms with Crippen molar-refractivity contribution in [2.75, 3.05) is 13.2 Å². The highest BCUT2D eigenvalue weighted by Crippen LogP contribution is 2.49. The molecule has 3 rings (SSSR count). The number of likely N-dealkylation sites (tertiary alicyclic amines) is 1. The van der Waals surface area contributed by atoms with Crippen LogP contribution in [0.25, 0.3) is 0 Å². The number of nitrogens with zero attached hydrogens (tertiary/aromatic N) is 1. The molecule has 1 saturated heterocycles. The number of amides is 1. The number of halogens is 2. The molecule has 2 fully saturated rings. The summed E-state index contributed by atoms with van der Waals surface area (Å²) in [6.07, 6.45) is 0.266. The highest BCUT2D eigenvalue weighted by molar-refractivity contribution is 5.83. The number of hydrogen-bond acceptors (Lipinski definition) is 3. The highest BCUT2D eigenvalue weighted by Gasteiger charge is 2.49. The van der Waals surface area contributed by atoms with Gasteiger partial charge in [0.15, 0.2) is 0 Å². The van der Waals surface area contributed by atoms with E-state index in [1.165, 1.54) is 17.0 Å². The highest BCUT2D eigenvalue weighted by atomic mass is 19.1. The van der Waals surface area contributed by atoms with Crippen molar-refractivity contribution >= 4 is 5.91 Å². The van der Waals surface area contributed by atoms with Crippen LogP contribution < -0.4 is 0 Å². The standard InChI is InChI=1S/C15H17F2NO3/c16-8-1-2-11(14(17)3-8)12-5-13(12)15(21)18-6-10(20)4-9(18)7-19/h1-3,9-10,12-13,19-20H,4-7H2/t9-,10-,12?,13?/m0/s1. The third-order valence-electron chi connectivity index (χ3n) is 4.36. The van der Waals surface area contributed by atoms with E-state index in [-0.39, 0.29) is 36.9 Å². The molecule has 4 atom stereocenters. The van der Waals surface area contributed by atoms with Gasteiger partial charge in [-0.1, -0.05) is 6.07 Å². The molecule has 0 aromatic heterocycles. The molecule has 2 unspecified atom stereocenters. The van der Waals surface area contributed by atoms with Gasteiger partial charge < -0.3 is 15.1 Å². The first kappa shape index (κ1) is 14.4. The molecular weight excluding hydrogens is 280 g/mol. The minimum absolute atomic E-state index is 0.167. The second-order valence-corrected chi connectivity index (χ2v) is 5.83. The van der Waals surface area contributed by atoms with E-state index in [2.05, 4.69) is 0 Å². The van der Waals surface area contributed by atoms with E-state index in [0.717, 1.165) is 6.07 Å². The smallest absolute Gasteiger partial charge is 0.226 e. The molecule has 4 nitrogen and oxygen atoms in total. The summed E-state index contributed by atoms with van der Waals surface area (Å²) in [5.41, 5.74) is 0.357. The predicted octanol–water partition coefficient (Wildman–Crippen LogP) is 1.02. The van der Waals surface area contributed by atoms with Gasteiger partial charge in [0.25, 0.3) is 0 Å². The van der Waals surface area contributed by atoms with Crippen LogP contribution in [0.5, 0.6) is 0 Å². The molecule has 114 valence electrons. The summed E-state index contributed by atoms with van der Waals surface area (Å²) in [5, 5.41) is 18.9. The molecule has 1 aliphatic heterocycles. The van der Waals surface area contributed by atoms with E-state index in [9.17, 15) is 23.8 Å². The van der Waals surface area contributed by atoms with E-state index in [1.54, 1.807) is 0 Å². The van der Waals surface area contributed by atoms with Crippen LogP contribution in [0.1, 0.15) is 24.3 Å². The molecule has 1 saturated carbocycles. The van der Waals surface area contributed by atoms with Gasteiger partial charge in [0.2, 0.25) is 5.91 Å². The monoisotopic (exact) mass is 297 g/mol. The third-order valence-corrected chi connectivity index (χ3v) is 4.36. The van der Waals surface area contributed by atoms with E-state index >= 15 is 0 Å². The lowest BCUT2D eigenvalue weighted by atomic mass is 10.1. The number of carbonyl (C=O) groups excluding carboxylic acids is 1. The molecule has 1 heterocycles. The van der Waals surface area contributed by atoms with Gasteiger partial charge >= 0.3 is 0 Å². The van der Waals surface area contributed by atoms with Gasteiger partial charge in [-0.2, -0.15) is 0 Å². The molecular formula is C15H17F2NO3. The minimum Gasteiger partial charge on any atom is -0.394 e. The fourth-order valence-corrected chi connectivity index (χ4v) is 3.16. The number of rotatable bonds is 3. The zero-order valence-corrected chi connectivity index (χ0v) is 11.4. The second kappa shape index (κ2) is 5.35. The quantitative estimate of drug-likeness (QED) is 0.876. The fraction of sp³-hybridized carbons (Fsp3) is 0.533. The van der Waals surface area contributed by atoms with Crippen LogP contribution in [0.3, 0.4) is 0 Å². The Bertz CT molecular complexity index is 566. The Labute approximate surface area is 121 Å².